The molecule has 0 aliphatic carbocycles. The highest BCUT2D eigenvalue weighted by Gasteiger charge is 2.26. The fourth-order valence-corrected chi connectivity index (χ4v) is 3.09. The second-order valence-electron chi connectivity index (χ2n) is 5.81. The minimum atomic E-state index is 0.351. The Kier molecular flexibility index (Phi) is 3.06. The molecule has 1 fully saturated rings. The van der Waals surface area contributed by atoms with Crippen molar-refractivity contribution in [2.24, 2.45) is 0 Å². The van der Waals surface area contributed by atoms with Crippen molar-refractivity contribution in [2.45, 2.75) is 32.6 Å². The first-order valence-corrected chi connectivity index (χ1v) is 7.57. The molecular weight excluding hydrogens is 280 g/mol. The lowest BCUT2D eigenvalue weighted by Crippen LogP contribution is -2.33. The summed E-state index contributed by atoms with van der Waals surface area (Å²) in [5.41, 5.74) is 2.07. The van der Waals surface area contributed by atoms with Crippen molar-refractivity contribution in [3.63, 3.8) is 0 Å². The summed E-state index contributed by atoms with van der Waals surface area (Å²) >= 11 is 0. The molecule has 0 atom stereocenters. The van der Waals surface area contributed by atoms with Crippen LogP contribution in [0.2, 0.25) is 0 Å². The molecule has 1 aliphatic rings. The lowest BCUT2D eigenvalue weighted by atomic mass is 9.97. The maximum atomic E-state index is 5.31. The Balaban J connectivity index is 1.55. The van der Waals surface area contributed by atoms with Gasteiger partial charge in [-0.05, 0) is 32.8 Å². The van der Waals surface area contributed by atoms with E-state index in [1.807, 2.05) is 30.8 Å². The maximum absolute atomic E-state index is 5.31. The van der Waals surface area contributed by atoms with E-state index < -0.39 is 0 Å². The Hall–Kier alpha value is -2.44. The molecule has 0 saturated carbocycles. The quantitative estimate of drug-likeness (QED) is 0.721. The van der Waals surface area contributed by atoms with Crippen LogP contribution in [0.4, 0.5) is 5.82 Å². The van der Waals surface area contributed by atoms with Crippen LogP contribution in [0.1, 0.15) is 36.2 Å². The third-order valence-electron chi connectivity index (χ3n) is 4.18. The van der Waals surface area contributed by atoms with Crippen molar-refractivity contribution in [3.05, 3.63) is 35.9 Å². The minimum Gasteiger partial charge on any atom is -0.355 e. The molecule has 0 amide bonds. The van der Waals surface area contributed by atoms with Gasteiger partial charge in [0.25, 0.3) is 0 Å². The predicted octanol–water partition coefficient (Wildman–Crippen LogP) is 2.11. The molecule has 1 aliphatic heterocycles. The molecular formula is C15H18N6O. The average molecular weight is 298 g/mol. The van der Waals surface area contributed by atoms with Gasteiger partial charge in [-0.1, -0.05) is 5.16 Å². The normalized spacial score (nSPS) is 16.5. The number of rotatable bonds is 2. The van der Waals surface area contributed by atoms with Crippen molar-refractivity contribution >= 4 is 11.3 Å². The van der Waals surface area contributed by atoms with Crippen molar-refractivity contribution in [2.75, 3.05) is 18.0 Å². The number of hydrogen-bond acceptors (Lipinski definition) is 6. The van der Waals surface area contributed by atoms with E-state index in [1.54, 1.807) is 0 Å². The Morgan fingerprint density at radius 3 is 2.77 bits per heavy atom. The van der Waals surface area contributed by atoms with Crippen LogP contribution in [-0.4, -0.2) is 37.8 Å². The van der Waals surface area contributed by atoms with Gasteiger partial charge in [-0.25, -0.2) is 9.50 Å². The first-order chi connectivity index (χ1) is 10.7. The third-order valence-corrected chi connectivity index (χ3v) is 4.18. The Bertz CT molecular complexity index is 799. The molecule has 0 spiro atoms. The van der Waals surface area contributed by atoms with E-state index in [0.717, 1.165) is 48.9 Å². The van der Waals surface area contributed by atoms with Crippen LogP contribution in [0.15, 0.2) is 23.0 Å². The monoisotopic (exact) mass is 298 g/mol. The van der Waals surface area contributed by atoms with E-state index in [4.69, 9.17) is 4.52 Å². The second-order valence-corrected chi connectivity index (χ2v) is 5.81. The maximum Gasteiger partial charge on any atom is 0.229 e. The van der Waals surface area contributed by atoms with Crippen molar-refractivity contribution in [1.82, 2.24) is 24.7 Å². The van der Waals surface area contributed by atoms with E-state index in [-0.39, 0.29) is 0 Å². The van der Waals surface area contributed by atoms with E-state index in [1.165, 1.54) is 0 Å². The summed E-state index contributed by atoms with van der Waals surface area (Å²) in [5, 5.41) is 8.34. The van der Waals surface area contributed by atoms with Crippen molar-refractivity contribution < 1.29 is 4.52 Å². The van der Waals surface area contributed by atoms with Crippen LogP contribution in [0.25, 0.3) is 5.52 Å². The molecule has 4 heterocycles. The smallest absolute Gasteiger partial charge is 0.229 e. The Labute approximate surface area is 128 Å². The number of fused-ring (bicyclic) bond motifs is 1. The van der Waals surface area contributed by atoms with E-state index >= 15 is 0 Å². The van der Waals surface area contributed by atoms with Crippen LogP contribution < -0.4 is 4.90 Å². The van der Waals surface area contributed by atoms with Gasteiger partial charge in [-0.15, -0.1) is 0 Å². The summed E-state index contributed by atoms with van der Waals surface area (Å²) in [7, 11) is 0. The van der Waals surface area contributed by atoms with Crippen molar-refractivity contribution in [1.29, 1.82) is 0 Å². The number of nitrogens with zero attached hydrogens (tertiary/aromatic N) is 6. The van der Waals surface area contributed by atoms with Gasteiger partial charge in [0.2, 0.25) is 5.89 Å². The summed E-state index contributed by atoms with van der Waals surface area (Å²) in [5.74, 6) is 2.83. The minimum absolute atomic E-state index is 0.351. The highest BCUT2D eigenvalue weighted by atomic mass is 16.5. The summed E-state index contributed by atoms with van der Waals surface area (Å²) in [6.45, 7) is 5.72. The molecule has 7 nitrogen and oxygen atoms in total. The standard InChI is InChI=1S/C15H18N6O/c1-10-9-13-14(16-5-8-21(13)18-10)20-6-3-12(4-7-20)15-17-11(2)19-22-15/h5,8-9,12H,3-4,6-7H2,1-2H3. The lowest BCUT2D eigenvalue weighted by Gasteiger charge is -2.31. The second kappa shape index (κ2) is 5.08. The molecule has 1 saturated heterocycles. The van der Waals surface area contributed by atoms with E-state index in [9.17, 15) is 0 Å². The van der Waals surface area contributed by atoms with Gasteiger partial charge in [0.15, 0.2) is 11.6 Å². The highest BCUT2D eigenvalue weighted by molar-refractivity contribution is 5.69. The first-order valence-electron chi connectivity index (χ1n) is 7.57. The van der Waals surface area contributed by atoms with E-state index in [2.05, 4.69) is 31.2 Å². The van der Waals surface area contributed by atoms with E-state index in [0.29, 0.717) is 11.7 Å². The highest BCUT2D eigenvalue weighted by Crippen LogP contribution is 2.30. The fourth-order valence-electron chi connectivity index (χ4n) is 3.09. The largest absolute Gasteiger partial charge is 0.355 e. The van der Waals surface area contributed by atoms with Crippen LogP contribution in [0.3, 0.4) is 0 Å². The SMILES string of the molecule is Cc1cc2c(N3CCC(c4nc(C)no4)CC3)nccn2n1. The average Bonchev–Trinajstić information content (AvgIpc) is 3.12. The zero-order chi connectivity index (χ0) is 15.1. The molecule has 0 unspecified atom stereocenters. The van der Waals surface area contributed by atoms with Gasteiger partial charge in [-0.2, -0.15) is 10.1 Å². The number of hydrogen-bond donors (Lipinski definition) is 0. The fraction of sp³-hybridized carbons (Fsp3) is 0.467. The van der Waals surface area contributed by atoms with Crippen LogP contribution in [-0.2, 0) is 0 Å². The molecule has 7 heteroatoms. The zero-order valence-corrected chi connectivity index (χ0v) is 12.7. The van der Waals surface area contributed by atoms with Crippen LogP contribution >= 0.6 is 0 Å². The number of aryl methyl sites for hydroxylation is 2. The molecule has 0 aromatic carbocycles. The van der Waals surface area contributed by atoms with Gasteiger partial charge in [-0.3, -0.25) is 0 Å². The summed E-state index contributed by atoms with van der Waals surface area (Å²) < 4.78 is 7.20. The molecule has 3 aromatic heterocycles. The molecule has 3 aromatic rings. The Morgan fingerprint density at radius 2 is 2.05 bits per heavy atom. The lowest BCUT2D eigenvalue weighted by molar-refractivity contribution is 0.327. The van der Waals surface area contributed by atoms with Gasteiger partial charge in [0, 0.05) is 31.4 Å². The Morgan fingerprint density at radius 1 is 1.23 bits per heavy atom. The van der Waals surface area contributed by atoms with Crippen LogP contribution in [0.5, 0.6) is 0 Å². The summed E-state index contributed by atoms with van der Waals surface area (Å²) in [6.07, 6.45) is 5.69. The third kappa shape index (κ3) is 2.22. The first kappa shape index (κ1) is 13.2. The molecule has 22 heavy (non-hydrogen) atoms. The predicted molar refractivity (Wildman–Crippen MR) is 80.9 cm³/mol. The molecule has 0 N–H and O–H groups in total. The summed E-state index contributed by atoms with van der Waals surface area (Å²) in [4.78, 5) is 11.2. The number of anilines is 1. The van der Waals surface area contributed by atoms with Gasteiger partial charge >= 0.3 is 0 Å². The number of aromatic nitrogens is 5. The molecule has 0 radical (unpaired) electrons. The topological polar surface area (TPSA) is 72.4 Å². The van der Waals surface area contributed by atoms with Crippen molar-refractivity contribution in [3.8, 4) is 0 Å². The number of piperidine rings is 1. The summed E-state index contributed by atoms with van der Waals surface area (Å²) in [6, 6.07) is 2.08. The van der Waals surface area contributed by atoms with Crippen LogP contribution in [0, 0.1) is 13.8 Å². The molecule has 114 valence electrons. The van der Waals surface area contributed by atoms with Gasteiger partial charge in [0.1, 0.15) is 5.52 Å². The van der Waals surface area contributed by atoms with Gasteiger partial charge < -0.3 is 9.42 Å². The molecule has 4 rings (SSSR count). The zero-order valence-electron chi connectivity index (χ0n) is 12.7. The molecule has 0 bridgehead atoms. The van der Waals surface area contributed by atoms with Gasteiger partial charge in [0.05, 0.1) is 5.69 Å².